The van der Waals surface area contributed by atoms with E-state index in [4.69, 9.17) is 28.3 Å². The summed E-state index contributed by atoms with van der Waals surface area (Å²) in [6, 6.07) is 3.93. The van der Waals surface area contributed by atoms with Gasteiger partial charge in [-0.25, -0.2) is 13.9 Å². The zero-order valence-electron chi connectivity index (χ0n) is 8.19. The second-order valence-electron chi connectivity index (χ2n) is 3.17. The van der Waals surface area contributed by atoms with Crippen LogP contribution in [0.2, 0.25) is 10.0 Å². The van der Waals surface area contributed by atoms with Gasteiger partial charge >= 0.3 is 5.97 Å². The first kappa shape index (κ1) is 11.9. The molecule has 2 aromatic rings. The quantitative estimate of drug-likeness (QED) is 0.857. The number of nitrogens with zero attached hydrogens (tertiary/aromatic N) is 2. The highest BCUT2D eigenvalue weighted by atomic mass is 35.5. The van der Waals surface area contributed by atoms with Crippen LogP contribution in [0.3, 0.4) is 0 Å². The first-order valence-corrected chi connectivity index (χ1v) is 5.18. The van der Waals surface area contributed by atoms with Gasteiger partial charge in [-0.2, -0.15) is 5.10 Å². The van der Waals surface area contributed by atoms with E-state index < -0.39 is 11.8 Å². The van der Waals surface area contributed by atoms with Gasteiger partial charge in [0.2, 0.25) is 0 Å². The van der Waals surface area contributed by atoms with Gasteiger partial charge in [0, 0.05) is 6.20 Å². The van der Waals surface area contributed by atoms with Gasteiger partial charge in [0.25, 0.3) is 0 Å². The Labute approximate surface area is 105 Å². The van der Waals surface area contributed by atoms with Crippen LogP contribution in [-0.4, -0.2) is 20.9 Å². The van der Waals surface area contributed by atoms with Crippen molar-refractivity contribution >= 4 is 29.2 Å². The normalized spacial score (nSPS) is 10.5. The van der Waals surface area contributed by atoms with E-state index in [-0.39, 0.29) is 15.7 Å². The number of aromatic nitrogens is 2. The Hall–Kier alpha value is -1.59. The average molecular weight is 275 g/mol. The van der Waals surface area contributed by atoms with Crippen LogP contribution >= 0.6 is 23.2 Å². The third kappa shape index (κ3) is 2.25. The van der Waals surface area contributed by atoms with E-state index in [0.717, 1.165) is 0 Å². The summed E-state index contributed by atoms with van der Waals surface area (Å²) in [4.78, 5) is 10.6. The van der Waals surface area contributed by atoms with Crippen molar-refractivity contribution in [1.82, 2.24) is 9.78 Å². The lowest BCUT2D eigenvalue weighted by Crippen LogP contribution is -2.01. The van der Waals surface area contributed by atoms with Crippen molar-refractivity contribution < 1.29 is 14.3 Å². The Balaban J connectivity index is 2.49. The molecule has 0 aliphatic heterocycles. The van der Waals surface area contributed by atoms with Crippen LogP contribution in [0.15, 0.2) is 24.4 Å². The van der Waals surface area contributed by atoms with Crippen molar-refractivity contribution in [3.05, 3.63) is 46.0 Å². The first-order chi connectivity index (χ1) is 7.99. The molecule has 0 saturated carbocycles. The molecule has 0 aliphatic rings. The van der Waals surface area contributed by atoms with Gasteiger partial charge in [-0.1, -0.05) is 23.2 Å². The number of benzene rings is 1. The number of hydrogen-bond donors (Lipinski definition) is 1. The molecule has 17 heavy (non-hydrogen) atoms. The van der Waals surface area contributed by atoms with Crippen molar-refractivity contribution in [2.75, 3.05) is 0 Å². The minimum atomic E-state index is -1.15. The van der Waals surface area contributed by atoms with Crippen molar-refractivity contribution in [2.45, 2.75) is 0 Å². The second-order valence-corrected chi connectivity index (χ2v) is 3.99. The second kappa shape index (κ2) is 4.35. The fourth-order valence-corrected chi connectivity index (χ4v) is 1.73. The van der Waals surface area contributed by atoms with Gasteiger partial charge in [-0.15, -0.1) is 0 Å². The lowest BCUT2D eigenvalue weighted by Gasteiger charge is -2.04. The SMILES string of the molecule is O=C(O)c1ccn(-c2cc(Cl)c(F)c(Cl)c2)n1. The summed E-state index contributed by atoms with van der Waals surface area (Å²) in [6.07, 6.45) is 1.42. The van der Waals surface area contributed by atoms with Gasteiger partial charge < -0.3 is 5.11 Å². The predicted molar refractivity (Wildman–Crippen MR) is 60.5 cm³/mol. The van der Waals surface area contributed by atoms with Crippen LogP contribution in [0.1, 0.15) is 10.5 Å². The minimum absolute atomic E-state index is 0.124. The third-order valence-electron chi connectivity index (χ3n) is 2.04. The highest BCUT2D eigenvalue weighted by Gasteiger charge is 2.11. The van der Waals surface area contributed by atoms with E-state index in [2.05, 4.69) is 5.10 Å². The topological polar surface area (TPSA) is 55.1 Å². The molecule has 88 valence electrons. The summed E-state index contributed by atoms with van der Waals surface area (Å²) in [5.74, 6) is -1.87. The van der Waals surface area contributed by atoms with Gasteiger partial charge in [-0.05, 0) is 18.2 Å². The van der Waals surface area contributed by atoms with Crippen LogP contribution in [0.25, 0.3) is 5.69 Å². The van der Waals surface area contributed by atoms with Crippen LogP contribution in [0.4, 0.5) is 4.39 Å². The fraction of sp³-hybridized carbons (Fsp3) is 0. The largest absolute Gasteiger partial charge is 0.476 e. The molecule has 0 unspecified atom stereocenters. The first-order valence-electron chi connectivity index (χ1n) is 4.43. The molecule has 1 N–H and O–H groups in total. The third-order valence-corrected chi connectivity index (χ3v) is 2.59. The molecule has 0 radical (unpaired) electrons. The van der Waals surface area contributed by atoms with Gasteiger partial charge in [0.1, 0.15) is 0 Å². The van der Waals surface area contributed by atoms with Crippen molar-refractivity contribution in [3.63, 3.8) is 0 Å². The van der Waals surface area contributed by atoms with Crippen LogP contribution in [0, 0.1) is 5.82 Å². The zero-order valence-corrected chi connectivity index (χ0v) is 9.71. The smallest absolute Gasteiger partial charge is 0.356 e. The summed E-state index contributed by atoms with van der Waals surface area (Å²) in [5.41, 5.74) is 0.260. The Morgan fingerprint density at radius 1 is 1.35 bits per heavy atom. The monoisotopic (exact) mass is 274 g/mol. The molecule has 0 aliphatic carbocycles. The molecule has 1 aromatic heterocycles. The standard InChI is InChI=1S/C10H5Cl2FN2O2/c11-6-3-5(4-7(12)9(6)13)15-2-1-8(14-15)10(16)17/h1-4H,(H,16,17). The van der Waals surface area contributed by atoms with E-state index in [1.807, 2.05) is 0 Å². The van der Waals surface area contributed by atoms with Gasteiger partial charge in [0.15, 0.2) is 11.5 Å². The van der Waals surface area contributed by atoms with E-state index >= 15 is 0 Å². The molecule has 0 amide bonds. The molecular formula is C10H5Cl2FN2O2. The molecule has 2 rings (SSSR count). The lowest BCUT2D eigenvalue weighted by molar-refractivity contribution is 0.0690. The lowest BCUT2D eigenvalue weighted by atomic mass is 10.3. The molecule has 7 heteroatoms. The highest BCUT2D eigenvalue weighted by Crippen LogP contribution is 2.26. The van der Waals surface area contributed by atoms with E-state index in [1.54, 1.807) is 0 Å². The summed E-state index contributed by atoms with van der Waals surface area (Å²) in [6.45, 7) is 0. The number of carbonyl (C=O) groups is 1. The Bertz CT molecular complexity index is 575. The molecular weight excluding hydrogens is 270 g/mol. The highest BCUT2D eigenvalue weighted by molar-refractivity contribution is 6.35. The molecule has 0 atom stereocenters. The number of halogens is 3. The van der Waals surface area contributed by atoms with Crippen molar-refractivity contribution in [2.24, 2.45) is 0 Å². The number of carboxylic acids is 1. The number of carboxylic acid groups (broad SMARTS) is 1. The number of aromatic carboxylic acids is 1. The molecule has 0 spiro atoms. The Morgan fingerprint density at radius 2 is 1.94 bits per heavy atom. The summed E-state index contributed by atoms with van der Waals surface area (Å²) in [5, 5.41) is 12.2. The van der Waals surface area contributed by atoms with Crippen molar-refractivity contribution in [3.8, 4) is 5.69 Å². The van der Waals surface area contributed by atoms with E-state index in [9.17, 15) is 9.18 Å². The van der Waals surface area contributed by atoms with Crippen LogP contribution < -0.4 is 0 Å². The Kier molecular flexibility index (Phi) is 3.04. The summed E-state index contributed by atoms with van der Waals surface area (Å²) in [7, 11) is 0. The van der Waals surface area contributed by atoms with Crippen molar-refractivity contribution in [1.29, 1.82) is 0 Å². The molecule has 1 aromatic carbocycles. The van der Waals surface area contributed by atoms with E-state index in [0.29, 0.717) is 5.69 Å². The molecule has 0 bridgehead atoms. The number of hydrogen-bond acceptors (Lipinski definition) is 2. The molecule has 0 fully saturated rings. The fourth-order valence-electron chi connectivity index (χ4n) is 1.26. The maximum absolute atomic E-state index is 13.2. The molecule has 0 saturated heterocycles. The molecule has 1 heterocycles. The minimum Gasteiger partial charge on any atom is -0.476 e. The Morgan fingerprint density at radius 3 is 2.41 bits per heavy atom. The maximum Gasteiger partial charge on any atom is 0.356 e. The van der Waals surface area contributed by atoms with E-state index in [1.165, 1.54) is 29.1 Å². The average Bonchev–Trinajstić information content (AvgIpc) is 2.74. The summed E-state index contributed by atoms with van der Waals surface area (Å²) >= 11 is 11.2. The maximum atomic E-state index is 13.2. The van der Waals surface area contributed by atoms with Crippen LogP contribution in [0.5, 0.6) is 0 Å². The van der Waals surface area contributed by atoms with Gasteiger partial charge in [-0.3, -0.25) is 0 Å². The van der Waals surface area contributed by atoms with Gasteiger partial charge in [0.05, 0.1) is 15.7 Å². The zero-order chi connectivity index (χ0) is 12.6. The predicted octanol–water partition coefficient (Wildman–Crippen LogP) is 3.02. The molecule has 4 nitrogen and oxygen atoms in total. The number of rotatable bonds is 2. The summed E-state index contributed by atoms with van der Waals surface area (Å²) < 4.78 is 14.4. The van der Waals surface area contributed by atoms with Crippen LogP contribution in [-0.2, 0) is 0 Å².